The van der Waals surface area contributed by atoms with E-state index >= 15 is 0 Å². The van der Waals surface area contributed by atoms with Crippen LogP contribution in [0.15, 0.2) is 27.3 Å². The molecule has 1 aromatic heterocycles. The van der Waals surface area contributed by atoms with Crippen LogP contribution in [0, 0.1) is 0 Å². The number of ether oxygens (including phenoxy) is 1. The highest BCUT2D eigenvalue weighted by molar-refractivity contribution is 9.10. The summed E-state index contributed by atoms with van der Waals surface area (Å²) in [5, 5.41) is 3.44. The lowest BCUT2D eigenvalue weighted by Gasteiger charge is -2.14. The maximum atomic E-state index is 12.8. The maximum Gasteiger partial charge on any atom is 0.416 e. The van der Waals surface area contributed by atoms with E-state index in [1.54, 1.807) is 0 Å². The lowest BCUT2D eigenvalue weighted by atomic mass is 10.0. The van der Waals surface area contributed by atoms with E-state index in [0.717, 1.165) is 12.1 Å². The lowest BCUT2D eigenvalue weighted by Crippen LogP contribution is -2.06. The number of aromatic nitrogens is 1. The Labute approximate surface area is 114 Å². The number of benzene rings is 1. The van der Waals surface area contributed by atoms with Gasteiger partial charge < -0.3 is 15.0 Å². The fourth-order valence-corrected chi connectivity index (χ4v) is 2.24. The summed E-state index contributed by atoms with van der Waals surface area (Å²) in [5.74, 6) is 0.146. The van der Waals surface area contributed by atoms with Gasteiger partial charge in [0.15, 0.2) is 0 Å². The number of anilines is 1. The molecule has 0 saturated carbocycles. The van der Waals surface area contributed by atoms with Crippen molar-refractivity contribution in [1.82, 2.24) is 5.16 Å². The first-order valence-corrected chi connectivity index (χ1v) is 5.79. The van der Waals surface area contributed by atoms with Crippen LogP contribution in [0.2, 0.25) is 0 Å². The Balaban J connectivity index is 2.71. The number of hydrogen-bond donors (Lipinski definition) is 1. The molecule has 2 rings (SSSR count). The first-order chi connectivity index (χ1) is 8.84. The zero-order valence-electron chi connectivity index (χ0n) is 9.58. The van der Waals surface area contributed by atoms with Gasteiger partial charge in [-0.3, -0.25) is 0 Å². The molecule has 8 heteroatoms. The summed E-state index contributed by atoms with van der Waals surface area (Å²) in [7, 11) is 1.35. The van der Waals surface area contributed by atoms with Crippen LogP contribution < -0.4 is 10.5 Å². The van der Waals surface area contributed by atoms with Gasteiger partial charge in [0.1, 0.15) is 5.75 Å². The van der Waals surface area contributed by atoms with E-state index in [9.17, 15) is 13.2 Å². The van der Waals surface area contributed by atoms with E-state index in [1.807, 2.05) is 0 Å². The number of hydrogen-bond acceptors (Lipinski definition) is 4. The second kappa shape index (κ2) is 4.76. The Morgan fingerprint density at radius 1 is 1.32 bits per heavy atom. The van der Waals surface area contributed by atoms with E-state index < -0.39 is 11.7 Å². The Morgan fingerprint density at radius 2 is 2.00 bits per heavy atom. The predicted octanol–water partition coefficient (Wildman–Crippen LogP) is 3.71. The summed E-state index contributed by atoms with van der Waals surface area (Å²) in [6.07, 6.45) is -3.24. The maximum absolute atomic E-state index is 12.8. The van der Waals surface area contributed by atoms with Gasteiger partial charge in [-0.2, -0.15) is 13.2 Å². The third-order valence-electron chi connectivity index (χ3n) is 2.46. The van der Waals surface area contributed by atoms with Crippen molar-refractivity contribution >= 4 is 21.8 Å². The zero-order chi connectivity index (χ0) is 14.2. The highest BCUT2D eigenvalue weighted by atomic mass is 79.9. The Kier molecular flexibility index (Phi) is 3.44. The molecule has 0 saturated heterocycles. The third-order valence-corrected chi connectivity index (χ3v) is 3.05. The van der Waals surface area contributed by atoms with Gasteiger partial charge in [-0.25, -0.2) is 0 Å². The molecule has 0 spiro atoms. The summed E-state index contributed by atoms with van der Waals surface area (Å²) in [4.78, 5) is 0. The molecule has 0 bridgehead atoms. The molecule has 19 heavy (non-hydrogen) atoms. The fraction of sp³-hybridized carbons (Fsp3) is 0.182. The first-order valence-electron chi connectivity index (χ1n) is 5.00. The van der Waals surface area contributed by atoms with Crippen molar-refractivity contribution in [2.24, 2.45) is 0 Å². The van der Waals surface area contributed by atoms with E-state index in [2.05, 4.69) is 25.6 Å². The van der Waals surface area contributed by atoms with Crippen molar-refractivity contribution in [3.63, 3.8) is 0 Å². The quantitative estimate of drug-likeness (QED) is 0.907. The molecule has 2 N–H and O–H groups in total. The average molecular weight is 337 g/mol. The number of halogens is 4. The Bertz CT molecular complexity index is 610. The molecule has 2 aromatic rings. The standard InChI is InChI=1S/C11H8BrF3N2O2/c1-18-9-6(7-4-17-19-10(7)16)2-5(3-8(9)12)11(13,14)15/h2-4H,16H2,1H3. The molecule has 0 radical (unpaired) electrons. The molecule has 0 aliphatic rings. The molecule has 0 fully saturated rings. The minimum atomic E-state index is -4.48. The van der Waals surface area contributed by atoms with Crippen LogP contribution in [0.1, 0.15) is 5.56 Å². The Hall–Kier alpha value is -1.70. The highest BCUT2D eigenvalue weighted by Gasteiger charge is 2.33. The van der Waals surface area contributed by atoms with Crippen molar-refractivity contribution in [3.8, 4) is 16.9 Å². The van der Waals surface area contributed by atoms with Crippen molar-refractivity contribution in [2.75, 3.05) is 12.8 Å². The minimum Gasteiger partial charge on any atom is -0.495 e. The number of nitrogens with zero attached hydrogens (tertiary/aromatic N) is 1. The van der Waals surface area contributed by atoms with Crippen LogP contribution in [0.3, 0.4) is 0 Å². The minimum absolute atomic E-state index is 0.0791. The van der Waals surface area contributed by atoms with Crippen LogP contribution in [-0.2, 0) is 6.18 Å². The smallest absolute Gasteiger partial charge is 0.416 e. The first kappa shape index (κ1) is 13.7. The molecule has 102 valence electrons. The van der Waals surface area contributed by atoms with Gasteiger partial charge in [-0.15, -0.1) is 0 Å². The monoisotopic (exact) mass is 336 g/mol. The molecule has 0 amide bonds. The normalized spacial score (nSPS) is 11.6. The molecule has 4 nitrogen and oxygen atoms in total. The van der Waals surface area contributed by atoms with Gasteiger partial charge >= 0.3 is 6.18 Å². The third kappa shape index (κ3) is 2.53. The van der Waals surface area contributed by atoms with Crippen LogP contribution >= 0.6 is 15.9 Å². The Morgan fingerprint density at radius 3 is 2.47 bits per heavy atom. The molecule has 0 aliphatic heterocycles. The van der Waals surface area contributed by atoms with Gasteiger partial charge in [0.2, 0.25) is 5.88 Å². The second-order valence-electron chi connectivity index (χ2n) is 3.64. The molecule has 0 unspecified atom stereocenters. The van der Waals surface area contributed by atoms with Crippen molar-refractivity contribution in [2.45, 2.75) is 6.18 Å². The summed E-state index contributed by atoms with van der Waals surface area (Å²) in [6, 6.07) is 1.87. The largest absolute Gasteiger partial charge is 0.495 e. The molecule has 1 heterocycles. The van der Waals surface area contributed by atoms with E-state index in [4.69, 9.17) is 10.5 Å². The van der Waals surface area contributed by atoms with Crippen molar-refractivity contribution in [1.29, 1.82) is 0 Å². The number of alkyl halides is 3. The van der Waals surface area contributed by atoms with Crippen LogP contribution in [0.5, 0.6) is 5.75 Å². The van der Waals surface area contributed by atoms with Gasteiger partial charge in [0.25, 0.3) is 0 Å². The van der Waals surface area contributed by atoms with Crippen LogP contribution in [-0.4, -0.2) is 12.3 Å². The molecule has 0 atom stereocenters. The lowest BCUT2D eigenvalue weighted by molar-refractivity contribution is -0.137. The summed E-state index contributed by atoms with van der Waals surface area (Å²) in [6.45, 7) is 0. The van der Waals surface area contributed by atoms with Gasteiger partial charge in [0.05, 0.1) is 28.9 Å². The summed E-state index contributed by atoms with van der Waals surface area (Å²) < 4.78 is 48.3. The average Bonchev–Trinajstić information content (AvgIpc) is 2.73. The SMILES string of the molecule is COc1c(Br)cc(C(F)(F)F)cc1-c1cnoc1N. The van der Waals surface area contributed by atoms with E-state index in [-0.39, 0.29) is 27.2 Å². The number of methoxy groups -OCH3 is 1. The number of nitrogens with two attached hydrogens (primary N) is 1. The van der Waals surface area contributed by atoms with Gasteiger partial charge in [-0.05, 0) is 28.1 Å². The number of rotatable bonds is 2. The van der Waals surface area contributed by atoms with Crippen LogP contribution in [0.25, 0.3) is 11.1 Å². The molecular formula is C11H8BrF3N2O2. The van der Waals surface area contributed by atoms with E-state index in [0.29, 0.717) is 0 Å². The second-order valence-corrected chi connectivity index (χ2v) is 4.49. The zero-order valence-corrected chi connectivity index (χ0v) is 11.2. The van der Waals surface area contributed by atoms with Gasteiger partial charge in [0, 0.05) is 5.56 Å². The molecule has 1 aromatic carbocycles. The van der Waals surface area contributed by atoms with Gasteiger partial charge in [-0.1, -0.05) is 5.16 Å². The topological polar surface area (TPSA) is 61.3 Å². The van der Waals surface area contributed by atoms with Crippen LogP contribution in [0.4, 0.5) is 19.1 Å². The molecule has 0 aliphatic carbocycles. The van der Waals surface area contributed by atoms with E-state index in [1.165, 1.54) is 13.3 Å². The number of nitrogen functional groups attached to an aromatic ring is 1. The summed E-state index contributed by atoms with van der Waals surface area (Å²) >= 11 is 3.04. The van der Waals surface area contributed by atoms with Crippen molar-refractivity contribution in [3.05, 3.63) is 28.4 Å². The summed E-state index contributed by atoms with van der Waals surface area (Å²) in [5.41, 5.74) is 5.10. The predicted molar refractivity (Wildman–Crippen MR) is 65.6 cm³/mol. The highest BCUT2D eigenvalue weighted by Crippen LogP contribution is 2.43. The van der Waals surface area contributed by atoms with Crippen molar-refractivity contribution < 1.29 is 22.4 Å². The fourth-order valence-electron chi connectivity index (χ4n) is 1.62. The molecular weight excluding hydrogens is 329 g/mol.